The van der Waals surface area contributed by atoms with Crippen LogP contribution in [0.4, 0.5) is 4.79 Å². The lowest BCUT2D eigenvalue weighted by Gasteiger charge is -2.31. The van der Waals surface area contributed by atoms with Gasteiger partial charge in [-0.3, -0.25) is 0 Å². The van der Waals surface area contributed by atoms with Gasteiger partial charge in [-0.1, -0.05) is 41.5 Å². The fourth-order valence-electron chi connectivity index (χ4n) is 3.53. The maximum absolute atomic E-state index is 12.2. The Morgan fingerprint density at radius 3 is 1.00 bits per heavy atom. The lowest BCUT2D eigenvalue weighted by molar-refractivity contribution is 0.0578. The molecular formula is C25H56N2O7Si2. The molecule has 11 heteroatoms. The van der Waals surface area contributed by atoms with E-state index < -0.39 is 23.6 Å². The second kappa shape index (κ2) is 22.4. The van der Waals surface area contributed by atoms with Crippen LogP contribution in [-0.4, -0.2) is 81.3 Å². The van der Waals surface area contributed by atoms with E-state index in [2.05, 4.69) is 41.5 Å². The Balaban J connectivity index is 5.15. The van der Waals surface area contributed by atoms with Crippen LogP contribution in [0.3, 0.4) is 0 Å². The highest BCUT2D eigenvalue weighted by molar-refractivity contribution is 6.61. The van der Waals surface area contributed by atoms with Crippen molar-refractivity contribution in [1.29, 1.82) is 0 Å². The Morgan fingerprint density at radius 1 is 0.556 bits per heavy atom. The predicted molar refractivity (Wildman–Crippen MR) is 149 cm³/mol. The molecule has 2 amide bonds. The fraction of sp³-hybridized carbons (Fsp3) is 0.960. The standard InChI is InChI=1S/C25H56N2O7Si2/c1-7-17-29-35(30-18-8-2,31-19-9-3)23-13-15-27(25(26)28)16-14-24-36(32-20-10-4,33-21-11-5)34-22-12-6/h7-24H2,1-6H3,(H2,26,28). The molecule has 36 heavy (non-hydrogen) atoms. The van der Waals surface area contributed by atoms with Gasteiger partial charge in [-0.2, -0.15) is 0 Å². The van der Waals surface area contributed by atoms with Gasteiger partial charge in [0.05, 0.1) is 0 Å². The number of primary amides is 1. The van der Waals surface area contributed by atoms with Crippen LogP contribution in [0.5, 0.6) is 0 Å². The molecule has 0 aromatic rings. The first-order valence-electron chi connectivity index (χ1n) is 14.3. The van der Waals surface area contributed by atoms with Crippen molar-refractivity contribution in [3.05, 3.63) is 0 Å². The van der Waals surface area contributed by atoms with Crippen molar-refractivity contribution in [3.63, 3.8) is 0 Å². The molecule has 0 spiro atoms. The first kappa shape index (κ1) is 35.5. The molecule has 0 aliphatic rings. The molecule has 0 saturated heterocycles. The summed E-state index contributed by atoms with van der Waals surface area (Å²) in [6, 6.07) is 0.897. The summed E-state index contributed by atoms with van der Waals surface area (Å²) >= 11 is 0. The fourth-order valence-corrected chi connectivity index (χ4v) is 9.17. The van der Waals surface area contributed by atoms with Gasteiger partial charge in [0.25, 0.3) is 0 Å². The summed E-state index contributed by atoms with van der Waals surface area (Å²) in [4.78, 5) is 13.9. The number of amides is 2. The first-order valence-corrected chi connectivity index (χ1v) is 18.1. The highest BCUT2D eigenvalue weighted by atomic mass is 28.4. The third-order valence-electron chi connectivity index (χ3n) is 5.29. The van der Waals surface area contributed by atoms with Crippen LogP contribution >= 0.6 is 0 Å². The van der Waals surface area contributed by atoms with Crippen molar-refractivity contribution in [1.82, 2.24) is 4.90 Å². The van der Waals surface area contributed by atoms with E-state index in [-0.39, 0.29) is 0 Å². The van der Waals surface area contributed by atoms with Gasteiger partial charge in [-0.05, 0) is 51.4 Å². The van der Waals surface area contributed by atoms with E-state index in [1.807, 2.05) is 0 Å². The Labute approximate surface area is 223 Å². The summed E-state index contributed by atoms with van der Waals surface area (Å²) in [6.07, 6.45) is 6.83. The minimum absolute atomic E-state index is 0.425. The molecule has 0 unspecified atom stereocenters. The number of rotatable bonds is 26. The zero-order valence-corrected chi connectivity index (χ0v) is 26.1. The van der Waals surface area contributed by atoms with Gasteiger partial charge in [0.15, 0.2) is 0 Å². The van der Waals surface area contributed by atoms with Crippen LogP contribution in [0, 0.1) is 0 Å². The van der Waals surface area contributed by atoms with Crippen molar-refractivity contribution in [2.45, 2.75) is 105 Å². The Kier molecular flexibility index (Phi) is 22.1. The molecule has 9 nitrogen and oxygen atoms in total. The molecule has 0 bridgehead atoms. The summed E-state index contributed by atoms with van der Waals surface area (Å²) in [5.74, 6) is 0. The van der Waals surface area contributed by atoms with Gasteiger partial charge in [0, 0.05) is 64.8 Å². The Bertz CT molecular complexity index is 451. The first-order chi connectivity index (χ1) is 17.4. The maximum atomic E-state index is 12.2. The minimum atomic E-state index is -2.80. The Hall–Kier alpha value is -0.536. The van der Waals surface area contributed by atoms with Gasteiger partial charge in [-0.25, -0.2) is 4.79 Å². The van der Waals surface area contributed by atoms with E-state index in [0.717, 1.165) is 38.5 Å². The van der Waals surface area contributed by atoms with Gasteiger partial charge < -0.3 is 37.2 Å². The van der Waals surface area contributed by atoms with Crippen LogP contribution < -0.4 is 5.73 Å². The van der Waals surface area contributed by atoms with Crippen LogP contribution in [0.1, 0.15) is 92.9 Å². The van der Waals surface area contributed by atoms with Gasteiger partial charge in [-0.15, -0.1) is 0 Å². The molecule has 0 rings (SSSR count). The average Bonchev–Trinajstić information content (AvgIpc) is 2.88. The largest absolute Gasteiger partial charge is 0.501 e. The summed E-state index contributed by atoms with van der Waals surface area (Å²) in [5.41, 5.74) is 5.74. The number of carbonyl (C=O) groups is 1. The summed E-state index contributed by atoms with van der Waals surface area (Å²) < 4.78 is 37.1. The number of hydrogen-bond acceptors (Lipinski definition) is 7. The SMILES string of the molecule is CCCO[Si](CCCN(CCC[Si](OCCC)(OCCC)OCCC)C(N)=O)(OCCC)OCCC. The molecular weight excluding hydrogens is 496 g/mol. The van der Waals surface area contributed by atoms with Crippen molar-refractivity contribution >= 4 is 23.6 Å². The van der Waals surface area contributed by atoms with Crippen LogP contribution in [0.25, 0.3) is 0 Å². The predicted octanol–water partition coefficient (Wildman–Crippen LogP) is 5.58. The van der Waals surface area contributed by atoms with Crippen LogP contribution in [0.2, 0.25) is 12.1 Å². The average molecular weight is 553 g/mol. The van der Waals surface area contributed by atoms with E-state index in [4.69, 9.17) is 32.3 Å². The number of urea groups is 1. The highest BCUT2D eigenvalue weighted by Gasteiger charge is 2.42. The third-order valence-corrected chi connectivity index (χ3v) is 11.1. The normalized spacial score (nSPS) is 12.3. The quantitative estimate of drug-likeness (QED) is 0.140. The molecule has 0 aromatic heterocycles. The van der Waals surface area contributed by atoms with Crippen LogP contribution in [-0.2, 0) is 26.6 Å². The minimum Gasteiger partial charge on any atom is -0.373 e. The summed E-state index contributed by atoms with van der Waals surface area (Å²) in [7, 11) is -5.60. The van der Waals surface area contributed by atoms with Crippen molar-refractivity contribution in [2.75, 3.05) is 52.7 Å². The van der Waals surface area contributed by atoms with Crippen molar-refractivity contribution in [3.8, 4) is 0 Å². The van der Waals surface area contributed by atoms with E-state index in [0.29, 0.717) is 77.7 Å². The molecule has 0 aliphatic heterocycles. The Morgan fingerprint density at radius 2 is 0.806 bits per heavy atom. The summed E-state index contributed by atoms with van der Waals surface area (Å²) in [5, 5.41) is 0. The van der Waals surface area contributed by atoms with Gasteiger partial charge in [0.1, 0.15) is 0 Å². The van der Waals surface area contributed by atoms with Crippen LogP contribution in [0.15, 0.2) is 0 Å². The molecule has 216 valence electrons. The number of nitrogens with zero attached hydrogens (tertiary/aromatic N) is 1. The van der Waals surface area contributed by atoms with Crippen molar-refractivity contribution in [2.24, 2.45) is 5.73 Å². The van der Waals surface area contributed by atoms with E-state index in [9.17, 15) is 4.79 Å². The van der Waals surface area contributed by atoms with E-state index in [1.165, 1.54) is 0 Å². The zero-order chi connectivity index (χ0) is 27.1. The molecule has 0 aromatic carbocycles. The number of hydrogen-bond donors (Lipinski definition) is 1. The molecule has 0 atom stereocenters. The third kappa shape index (κ3) is 15.7. The zero-order valence-electron chi connectivity index (χ0n) is 24.1. The highest BCUT2D eigenvalue weighted by Crippen LogP contribution is 2.22. The number of carbonyl (C=O) groups excluding carboxylic acids is 1. The smallest absolute Gasteiger partial charge is 0.373 e. The molecule has 0 fully saturated rings. The second-order valence-electron chi connectivity index (χ2n) is 8.99. The van der Waals surface area contributed by atoms with E-state index >= 15 is 0 Å². The lowest BCUT2D eigenvalue weighted by Crippen LogP contribution is -2.48. The van der Waals surface area contributed by atoms with Crippen molar-refractivity contribution < 1.29 is 31.4 Å². The molecule has 0 aliphatic carbocycles. The molecule has 0 saturated carbocycles. The van der Waals surface area contributed by atoms with E-state index in [1.54, 1.807) is 4.90 Å². The molecule has 0 radical (unpaired) electrons. The maximum Gasteiger partial charge on any atom is 0.501 e. The second-order valence-corrected chi connectivity index (χ2v) is 14.5. The summed E-state index contributed by atoms with van der Waals surface area (Å²) in [6.45, 7) is 17.2. The number of nitrogens with two attached hydrogens (primary N) is 1. The topological polar surface area (TPSA) is 102 Å². The molecule has 0 heterocycles. The van der Waals surface area contributed by atoms with Gasteiger partial charge in [0.2, 0.25) is 0 Å². The lowest BCUT2D eigenvalue weighted by atomic mass is 10.4. The van der Waals surface area contributed by atoms with Gasteiger partial charge >= 0.3 is 23.6 Å². The molecule has 2 N–H and O–H groups in total. The monoisotopic (exact) mass is 552 g/mol.